The lowest BCUT2D eigenvalue weighted by atomic mass is 9.92. The fourth-order valence-corrected chi connectivity index (χ4v) is 1.67. The van der Waals surface area contributed by atoms with Gasteiger partial charge in [0, 0.05) is 0 Å². The van der Waals surface area contributed by atoms with Gasteiger partial charge in [0.1, 0.15) is 0 Å². The van der Waals surface area contributed by atoms with Crippen molar-refractivity contribution in [3.05, 3.63) is 0 Å². The number of halogens is 1. The summed E-state index contributed by atoms with van der Waals surface area (Å²) in [5.41, 5.74) is 0. The van der Waals surface area contributed by atoms with E-state index in [2.05, 4.69) is 11.9 Å². The van der Waals surface area contributed by atoms with Gasteiger partial charge in [-0.1, -0.05) is 0 Å². The maximum atomic E-state index is 12.6. The maximum Gasteiger partial charge on any atom is 0.155 e. The van der Waals surface area contributed by atoms with Crippen LogP contribution in [0.3, 0.4) is 0 Å². The SMILES string of the molecule is CN1CCC(CC(F)C=O)CC1. The Labute approximate surface area is 72.7 Å². The van der Waals surface area contributed by atoms with Crippen LogP contribution in [-0.2, 0) is 4.79 Å². The number of rotatable bonds is 3. The molecule has 1 atom stereocenters. The number of carbonyl (C=O) groups excluding carboxylic acids is 1. The number of alkyl halides is 1. The number of hydrogen-bond donors (Lipinski definition) is 0. The highest BCUT2D eigenvalue weighted by molar-refractivity contribution is 5.55. The van der Waals surface area contributed by atoms with Crippen LogP contribution in [0.4, 0.5) is 4.39 Å². The molecule has 1 heterocycles. The lowest BCUT2D eigenvalue weighted by molar-refractivity contribution is -0.112. The minimum Gasteiger partial charge on any atom is -0.306 e. The molecule has 1 aliphatic heterocycles. The zero-order valence-corrected chi connectivity index (χ0v) is 7.50. The van der Waals surface area contributed by atoms with Crippen molar-refractivity contribution in [1.82, 2.24) is 4.90 Å². The molecular formula is C9H16FNO. The molecule has 0 spiro atoms. The average molecular weight is 173 g/mol. The quantitative estimate of drug-likeness (QED) is 0.599. The Hall–Kier alpha value is -0.440. The van der Waals surface area contributed by atoms with Crippen molar-refractivity contribution in [2.45, 2.75) is 25.4 Å². The third-order valence-corrected chi connectivity index (χ3v) is 2.54. The Morgan fingerprint density at radius 1 is 1.58 bits per heavy atom. The van der Waals surface area contributed by atoms with E-state index in [4.69, 9.17) is 0 Å². The number of nitrogens with zero attached hydrogens (tertiary/aromatic N) is 1. The van der Waals surface area contributed by atoms with Crippen LogP contribution < -0.4 is 0 Å². The Bertz CT molecular complexity index is 143. The molecule has 0 aromatic carbocycles. The van der Waals surface area contributed by atoms with Crippen molar-refractivity contribution >= 4 is 6.29 Å². The van der Waals surface area contributed by atoms with Gasteiger partial charge in [0.05, 0.1) is 0 Å². The van der Waals surface area contributed by atoms with E-state index in [-0.39, 0.29) is 0 Å². The Balaban J connectivity index is 2.21. The van der Waals surface area contributed by atoms with Crippen LogP contribution in [0.2, 0.25) is 0 Å². The van der Waals surface area contributed by atoms with Gasteiger partial charge in [-0.05, 0) is 45.3 Å². The molecule has 0 N–H and O–H groups in total. The predicted octanol–water partition coefficient (Wildman–Crippen LogP) is 1.26. The third-order valence-electron chi connectivity index (χ3n) is 2.54. The molecule has 3 heteroatoms. The van der Waals surface area contributed by atoms with Crippen LogP contribution in [0, 0.1) is 5.92 Å². The fraction of sp³-hybridized carbons (Fsp3) is 0.889. The van der Waals surface area contributed by atoms with E-state index in [0.717, 1.165) is 25.9 Å². The van der Waals surface area contributed by atoms with Crippen molar-refractivity contribution in [2.24, 2.45) is 5.92 Å². The minimum atomic E-state index is -1.24. The normalized spacial score (nSPS) is 23.8. The number of likely N-dealkylation sites (tertiary alicyclic amines) is 1. The van der Waals surface area contributed by atoms with E-state index in [1.165, 1.54) is 0 Å². The van der Waals surface area contributed by atoms with Crippen LogP contribution in [0.15, 0.2) is 0 Å². The number of carbonyl (C=O) groups is 1. The lowest BCUT2D eigenvalue weighted by Gasteiger charge is -2.28. The smallest absolute Gasteiger partial charge is 0.155 e. The van der Waals surface area contributed by atoms with E-state index in [9.17, 15) is 9.18 Å². The first kappa shape index (κ1) is 9.65. The molecule has 0 aromatic heterocycles. The number of aldehydes is 1. The Kier molecular flexibility index (Phi) is 3.66. The summed E-state index contributed by atoms with van der Waals surface area (Å²) in [5.74, 6) is 0.418. The van der Waals surface area contributed by atoms with Crippen molar-refractivity contribution in [3.63, 3.8) is 0 Å². The van der Waals surface area contributed by atoms with Crippen LogP contribution in [0.5, 0.6) is 0 Å². The first-order valence-electron chi connectivity index (χ1n) is 4.50. The van der Waals surface area contributed by atoms with Gasteiger partial charge in [-0.2, -0.15) is 0 Å². The molecule has 1 unspecified atom stereocenters. The number of hydrogen-bond acceptors (Lipinski definition) is 2. The van der Waals surface area contributed by atoms with Crippen LogP contribution in [0.25, 0.3) is 0 Å². The predicted molar refractivity (Wildman–Crippen MR) is 45.8 cm³/mol. The van der Waals surface area contributed by atoms with Crippen LogP contribution in [-0.4, -0.2) is 37.5 Å². The standard InChI is InChI=1S/C9H16FNO/c1-11-4-2-8(3-5-11)6-9(10)7-12/h7-9H,2-6H2,1H3. The molecule has 0 aromatic rings. The molecule has 0 saturated carbocycles. The summed E-state index contributed by atoms with van der Waals surface area (Å²) in [6.45, 7) is 2.08. The minimum absolute atomic E-state index is 0.415. The number of piperidine rings is 1. The molecule has 2 nitrogen and oxygen atoms in total. The monoisotopic (exact) mass is 173 g/mol. The van der Waals surface area contributed by atoms with Gasteiger partial charge < -0.3 is 9.69 Å². The molecule has 0 bridgehead atoms. The van der Waals surface area contributed by atoms with E-state index >= 15 is 0 Å². The molecule has 1 fully saturated rings. The second-order valence-electron chi connectivity index (χ2n) is 3.63. The van der Waals surface area contributed by atoms with Gasteiger partial charge in [-0.15, -0.1) is 0 Å². The highest BCUT2D eigenvalue weighted by Gasteiger charge is 2.19. The van der Waals surface area contributed by atoms with Gasteiger partial charge >= 0.3 is 0 Å². The second kappa shape index (κ2) is 4.55. The van der Waals surface area contributed by atoms with Crippen LogP contribution >= 0.6 is 0 Å². The van der Waals surface area contributed by atoms with Crippen molar-refractivity contribution in [1.29, 1.82) is 0 Å². The molecule has 0 radical (unpaired) electrons. The zero-order valence-electron chi connectivity index (χ0n) is 7.50. The van der Waals surface area contributed by atoms with Gasteiger partial charge in [0.2, 0.25) is 0 Å². The molecule has 1 aliphatic rings. The topological polar surface area (TPSA) is 20.3 Å². The highest BCUT2D eigenvalue weighted by Crippen LogP contribution is 2.21. The average Bonchev–Trinajstić information content (AvgIpc) is 2.09. The third kappa shape index (κ3) is 2.89. The largest absolute Gasteiger partial charge is 0.306 e. The molecule has 0 aliphatic carbocycles. The van der Waals surface area contributed by atoms with Gasteiger partial charge in [0.25, 0.3) is 0 Å². The Morgan fingerprint density at radius 2 is 2.17 bits per heavy atom. The summed E-state index contributed by atoms with van der Waals surface area (Å²) < 4.78 is 12.6. The molecule has 1 saturated heterocycles. The van der Waals surface area contributed by atoms with Crippen LogP contribution in [0.1, 0.15) is 19.3 Å². The van der Waals surface area contributed by atoms with E-state index in [1.807, 2.05) is 0 Å². The summed E-state index contributed by atoms with van der Waals surface area (Å²) in [5, 5.41) is 0. The van der Waals surface area contributed by atoms with E-state index in [0.29, 0.717) is 18.6 Å². The summed E-state index contributed by atoms with van der Waals surface area (Å²) >= 11 is 0. The van der Waals surface area contributed by atoms with Gasteiger partial charge in [-0.25, -0.2) is 4.39 Å². The zero-order chi connectivity index (χ0) is 8.97. The molecular weight excluding hydrogens is 157 g/mol. The molecule has 0 amide bonds. The van der Waals surface area contributed by atoms with E-state index < -0.39 is 6.17 Å². The first-order valence-corrected chi connectivity index (χ1v) is 4.50. The summed E-state index contributed by atoms with van der Waals surface area (Å²) in [6.07, 6.45) is 1.67. The van der Waals surface area contributed by atoms with Crippen molar-refractivity contribution in [2.75, 3.05) is 20.1 Å². The van der Waals surface area contributed by atoms with Crippen molar-refractivity contribution in [3.8, 4) is 0 Å². The lowest BCUT2D eigenvalue weighted by Crippen LogP contribution is -2.31. The maximum absolute atomic E-state index is 12.6. The Morgan fingerprint density at radius 3 is 2.67 bits per heavy atom. The molecule has 12 heavy (non-hydrogen) atoms. The summed E-state index contributed by atoms with van der Waals surface area (Å²) in [7, 11) is 2.07. The van der Waals surface area contributed by atoms with Crippen molar-refractivity contribution < 1.29 is 9.18 Å². The first-order chi connectivity index (χ1) is 5.72. The molecule has 70 valence electrons. The van der Waals surface area contributed by atoms with E-state index in [1.54, 1.807) is 0 Å². The summed E-state index contributed by atoms with van der Waals surface area (Å²) in [6, 6.07) is 0. The fourth-order valence-electron chi connectivity index (χ4n) is 1.67. The second-order valence-corrected chi connectivity index (χ2v) is 3.63. The highest BCUT2D eigenvalue weighted by atomic mass is 19.1. The summed E-state index contributed by atoms with van der Waals surface area (Å²) in [4.78, 5) is 12.3. The van der Waals surface area contributed by atoms with Gasteiger partial charge in [-0.3, -0.25) is 0 Å². The molecule has 1 rings (SSSR count). The van der Waals surface area contributed by atoms with Gasteiger partial charge in [0.15, 0.2) is 12.5 Å².